The Kier molecular flexibility index (Phi) is 6.02. The second-order valence-electron chi connectivity index (χ2n) is 8.85. The summed E-state index contributed by atoms with van der Waals surface area (Å²) in [7, 11) is 1.70. The molecule has 1 N–H and O–H groups in total. The third kappa shape index (κ3) is 4.27. The number of nitrogens with one attached hydrogen (secondary N) is 1. The number of pyridine rings is 1. The van der Waals surface area contributed by atoms with Crippen LogP contribution in [-0.2, 0) is 18.3 Å². The average Bonchev–Trinajstić information content (AvgIpc) is 3.62. The van der Waals surface area contributed by atoms with Crippen molar-refractivity contribution in [2.45, 2.75) is 31.8 Å². The Morgan fingerprint density at radius 3 is 2.53 bits per heavy atom. The third-order valence-electron chi connectivity index (χ3n) is 6.46. The molecular formula is C25H22ClFN3O3S-. The minimum absolute atomic E-state index is 0.127. The molecule has 34 heavy (non-hydrogen) atoms. The number of hydrogen-bond acceptors (Lipinski definition) is 4. The van der Waals surface area contributed by atoms with E-state index in [1.807, 2.05) is 6.07 Å². The zero-order chi connectivity index (χ0) is 24.1. The van der Waals surface area contributed by atoms with E-state index in [0.717, 1.165) is 40.7 Å². The molecule has 3 unspecified atom stereocenters. The van der Waals surface area contributed by atoms with Crippen LogP contribution in [0, 0.1) is 11.7 Å². The number of rotatable bonds is 5. The van der Waals surface area contributed by atoms with Gasteiger partial charge in [-0.15, -0.1) is 0 Å². The number of nitrogens with zero attached hydrogens (tertiary/aromatic N) is 2. The molecule has 9 heteroatoms. The lowest BCUT2D eigenvalue weighted by Crippen LogP contribution is -2.21. The van der Waals surface area contributed by atoms with Gasteiger partial charge in [0.1, 0.15) is 5.82 Å². The predicted octanol–water partition coefficient (Wildman–Crippen LogP) is 4.59. The SMILES string of the molecule is CC(NS(=O)[O-])c1cc2c(cc1Cl)C(c1ccc(F)cc1)=NC(C1CC1)c1cc(=O)n(C)cc1-2. The zero-order valence-corrected chi connectivity index (χ0v) is 20.1. The summed E-state index contributed by atoms with van der Waals surface area (Å²) < 4.78 is 40.2. The highest BCUT2D eigenvalue weighted by Gasteiger charge is 2.37. The van der Waals surface area contributed by atoms with E-state index in [1.165, 1.54) is 16.7 Å². The monoisotopic (exact) mass is 498 g/mol. The van der Waals surface area contributed by atoms with E-state index in [0.29, 0.717) is 22.2 Å². The Bertz CT molecular complexity index is 1400. The molecule has 0 saturated heterocycles. The minimum atomic E-state index is -2.47. The van der Waals surface area contributed by atoms with Crippen molar-refractivity contribution in [3.63, 3.8) is 0 Å². The fourth-order valence-corrected chi connectivity index (χ4v) is 5.29. The van der Waals surface area contributed by atoms with E-state index in [-0.39, 0.29) is 17.4 Å². The quantitative estimate of drug-likeness (QED) is 0.522. The molecule has 3 atom stereocenters. The van der Waals surface area contributed by atoms with Gasteiger partial charge in [0.15, 0.2) is 0 Å². The van der Waals surface area contributed by atoms with Gasteiger partial charge in [-0.3, -0.25) is 14.0 Å². The summed E-state index contributed by atoms with van der Waals surface area (Å²) >= 11 is 4.19. The molecule has 6 nitrogen and oxygen atoms in total. The topological polar surface area (TPSA) is 86.5 Å². The van der Waals surface area contributed by atoms with Crippen LogP contribution in [0.1, 0.15) is 54.1 Å². The minimum Gasteiger partial charge on any atom is -0.760 e. The Hall–Kier alpha value is -2.65. The molecule has 2 heterocycles. The summed E-state index contributed by atoms with van der Waals surface area (Å²) in [5, 5.41) is 0.384. The van der Waals surface area contributed by atoms with Crippen molar-refractivity contribution in [1.29, 1.82) is 0 Å². The van der Waals surface area contributed by atoms with Crippen LogP contribution in [0.4, 0.5) is 4.39 Å². The first-order valence-corrected chi connectivity index (χ1v) is 12.4. The van der Waals surface area contributed by atoms with Crippen LogP contribution >= 0.6 is 11.6 Å². The summed E-state index contributed by atoms with van der Waals surface area (Å²) in [5.74, 6) is -0.0313. The van der Waals surface area contributed by atoms with Crippen molar-refractivity contribution in [2.75, 3.05) is 0 Å². The van der Waals surface area contributed by atoms with Crippen LogP contribution in [0.5, 0.6) is 0 Å². The molecule has 176 valence electrons. The molecule has 1 aromatic heterocycles. The lowest BCUT2D eigenvalue weighted by molar-refractivity contribution is 0.512. The number of hydrogen-bond donors (Lipinski definition) is 1. The highest BCUT2D eigenvalue weighted by Crippen LogP contribution is 2.49. The number of aromatic nitrogens is 1. The Labute approximate surface area is 203 Å². The van der Waals surface area contributed by atoms with Crippen molar-refractivity contribution in [3.05, 3.63) is 92.1 Å². The fraction of sp³-hybridized carbons (Fsp3) is 0.280. The van der Waals surface area contributed by atoms with E-state index < -0.39 is 17.3 Å². The van der Waals surface area contributed by atoms with Gasteiger partial charge in [0.2, 0.25) is 0 Å². The maximum absolute atomic E-state index is 13.7. The lowest BCUT2D eigenvalue weighted by atomic mass is 9.89. The maximum atomic E-state index is 13.7. The Morgan fingerprint density at radius 2 is 1.88 bits per heavy atom. The van der Waals surface area contributed by atoms with E-state index in [4.69, 9.17) is 16.6 Å². The second kappa shape index (κ2) is 8.85. The Morgan fingerprint density at radius 1 is 1.18 bits per heavy atom. The molecule has 0 bridgehead atoms. The van der Waals surface area contributed by atoms with Gasteiger partial charge < -0.3 is 9.12 Å². The van der Waals surface area contributed by atoms with Crippen molar-refractivity contribution < 1.29 is 13.2 Å². The van der Waals surface area contributed by atoms with Gasteiger partial charge in [-0.1, -0.05) is 11.6 Å². The molecule has 1 aliphatic carbocycles. The molecule has 0 spiro atoms. The van der Waals surface area contributed by atoms with E-state index >= 15 is 0 Å². The normalized spacial score (nSPS) is 19.0. The molecule has 0 amide bonds. The summed E-state index contributed by atoms with van der Waals surface area (Å²) in [6, 6.07) is 10.6. The van der Waals surface area contributed by atoms with Crippen LogP contribution in [-0.4, -0.2) is 19.0 Å². The number of aryl methyl sites for hydroxylation is 1. The first-order valence-electron chi connectivity index (χ1n) is 11.0. The fourth-order valence-electron chi connectivity index (χ4n) is 4.55. The maximum Gasteiger partial charge on any atom is 0.250 e. The molecule has 2 aromatic carbocycles. The largest absolute Gasteiger partial charge is 0.760 e. The van der Waals surface area contributed by atoms with Crippen LogP contribution < -0.4 is 10.3 Å². The number of aliphatic imine (C=N–C) groups is 1. The molecule has 1 saturated carbocycles. The second-order valence-corrected chi connectivity index (χ2v) is 9.96. The number of halogens is 2. The summed E-state index contributed by atoms with van der Waals surface area (Å²) in [4.78, 5) is 17.7. The van der Waals surface area contributed by atoms with Gasteiger partial charge >= 0.3 is 0 Å². The first-order chi connectivity index (χ1) is 16.2. The summed E-state index contributed by atoms with van der Waals surface area (Å²) in [5.41, 5.74) is 5.11. The first kappa shape index (κ1) is 23.1. The molecule has 1 fully saturated rings. The smallest absolute Gasteiger partial charge is 0.250 e. The zero-order valence-electron chi connectivity index (χ0n) is 18.5. The van der Waals surface area contributed by atoms with Crippen molar-refractivity contribution in [2.24, 2.45) is 18.0 Å². The van der Waals surface area contributed by atoms with Gasteiger partial charge in [-0.25, -0.2) is 9.11 Å². The van der Waals surface area contributed by atoms with Crippen molar-refractivity contribution in [3.8, 4) is 11.1 Å². The van der Waals surface area contributed by atoms with Crippen LogP contribution in [0.15, 0.2) is 58.4 Å². The highest BCUT2D eigenvalue weighted by molar-refractivity contribution is 7.77. The van der Waals surface area contributed by atoms with Crippen molar-refractivity contribution in [1.82, 2.24) is 9.29 Å². The molecule has 1 aliphatic heterocycles. The van der Waals surface area contributed by atoms with Crippen molar-refractivity contribution >= 4 is 28.6 Å². The van der Waals surface area contributed by atoms with E-state index in [2.05, 4.69) is 4.72 Å². The van der Waals surface area contributed by atoms with Crippen LogP contribution in [0.25, 0.3) is 11.1 Å². The van der Waals surface area contributed by atoms with Gasteiger partial charge in [0.25, 0.3) is 5.56 Å². The average molecular weight is 499 g/mol. The van der Waals surface area contributed by atoms with E-state index in [1.54, 1.807) is 44.4 Å². The van der Waals surface area contributed by atoms with Gasteiger partial charge in [-0.05, 0) is 78.8 Å². The van der Waals surface area contributed by atoms with E-state index in [9.17, 15) is 17.9 Å². The number of fused-ring (bicyclic) bond motifs is 3. The van der Waals surface area contributed by atoms with Crippen LogP contribution in [0.2, 0.25) is 5.02 Å². The third-order valence-corrected chi connectivity index (χ3v) is 7.33. The summed E-state index contributed by atoms with van der Waals surface area (Å²) in [6.07, 6.45) is 3.83. The predicted molar refractivity (Wildman–Crippen MR) is 130 cm³/mol. The molecule has 2 aliphatic rings. The van der Waals surface area contributed by atoms with Gasteiger partial charge in [-0.2, -0.15) is 0 Å². The molecule has 3 aromatic rings. The van der Waals surface area contributed by atoms with Gasteiger partial charge in [0, 0.05) is 58.3 Å². The highest BCUT2D eigenvalue weighted by atomic mass is 35.5. The molecule has 0 radical (unpaired) electrons. The lowest BCUT2D eigenvalue weighted by Gasteiger charge is -2.21. The standard InChI is InChI=1S/C25H23ClFN3O3S/c1-13(29-34(32)33)17-9-18-19(10-22(17)26)24(15-5-7-16(27)8-6-15)28-25(14-3-4-14)20-11-23(31)30(2)12-21(18)20/h5-14,25,29H,3-4H2,1-2H3,(H,32,33)/p-1. The molecule has 5 rings (SSSR count). The Balaban J connectivity index is 1.81. The summed E-state index contributed by atoms with van der Waals surface area (Å²) in [6.45, 7) is 1.71. The number of benzene rings is 2. The molecular weight excluding hydrogens is 477 g/mol. The van der Waals surface area contributed by atoms with Gasteiger partial charge in [0.05, 0.1) is 11.8 Å². The van der Waals surface area contributed by atoms with Crippen LogP contribution in [0.3, 0.4) is 0 Å².